The van der Waals surface area contributed by atoms with Crippen molar-refractivity contribution in [3.05, 3.63) is 41.5 Å². The van der Waals surface area contributed by atoms with Crippen LogP contribution in [0.5, 0.6) is 0 Å². The molecule has 0 fully saturated rings. The van der Waals surface area contributed by atoms with E-state index in [4.69, 9.17) is 0 Å². The first-order valence-corrected chi connectivity index (χ1v) is 6.23. The first kappa shape index (κ1) is 15.4. The van der Waals surface area contributed by atoms with E-state index in [-0.39, 0.29) is 24.8 Å². The van der Waals surface area contributed by atoms with Crippen LogP contribution >= 0.6 is 0 Å². The summed E-state index contributed by atoms with van der Waals surface area (Å²) in [5.74, 6) is 0.694. The van der Waals surface area contributed by atoms with Crippen LogP contribution in [0.2, 0.25) is 3.63 Å². The molecular weight excluding hydrogens is 306 g/mol. The van der Waals surface area contributed by atoms with Gasteiger partial charge in [0.25, 0.3) is 0 Å². The summed E-state index contributed by atoms with van der Waals surface area (Å²) >= 11 is 1.66. The van der Waals surface area contributed by atoms with Crippen molar-refractivity contribution in [1.29, 1.82) is 0 Å². The number of rotatable bonds is 2. The van der Waals surface area contributed by atoms with Gasteiger partial charge in [0.05, 0.1) is 0 Å². The molecule has 15 heavy (non-hydrogen) atoms. The van der Waals surface area contributed by atoms with Gasteiger partial charge >= 0.3 is 95.2 Å². The first-order valence-electron chi connectivity index (χ1n) is 4.81. The van der Waals surface area contributed by atoms with E-state index >= 15 is 0 Å². The van der Waals surface area contributed by atoms with Gasteiger partial charge in [-0.1, -0.05) is 0 Å². The van der Waals surface area contributed by atoms with E-state index in [2.05, 4.69) is 43.3 Å². The molecule has 0 heterocycles. The molecule has 1 aromatic rings. The maximum Gasteiger partial charge on any atom is -1.00 e. The van der Waals surface area contributed by atoms with E-state index in [1.807, 2.05) is 0 Å². The van der Waals surface area contributed by atoms with Crippen molar-refractivity contribution in [3.8, 4) is 0 Å². The number of hydrogen-bond donors (Lipinski definition) is 0. The van der Waals surface area contributed by atoms with Crippen molar-refractivity contribution in [2.45, 2.75) is 22.9 Å². The molecule has 0 radical (unpaired) electrons. The smallest absolute Gasteiger partial charge is 1.00 e. The summed E-state index contributed by atoms with van der Waals surface area (Å²) < 4.78 is 0.854. The molecule has 0 aromatic heterocycles. The Hall–Kier alpha value is 0.423. The molecule has 3 heteroatoms. The Morgan fingerprint density at radius 3 is 2.60 bits per heavy atom. The zero-order chi connectivity index (χ0) is 9.26. The van der Waals surface area contributed by atoms with Gasteiger partial charge in [-0.2, -0.15) is 0 Å². The number of halogens is 2. The molecule has 0 nitrogen and oxygen atoms in total. The van der Waals surface area contributed by atoms with Crippen LogP contribution in [-0.2, 0) is 24.7 Å². The molecule has 1 aliphatic rings. The molecule has 0 spiro atoms. The second-order valence-electron chi connectivity index (χ2n) is 3.53. The van der Waals surface area contributed by atoms with Gasteiger partial charge in [0.15, 0.2) is 0 Å². The molecule has 1 aromatic carbocycles. The van der Waals surface area contributed by atoms with Gasteiger partial charge in [-0.15, -0.1) is 0 Å². The summed E-state index contributed by atoms with van der Waals surface area (Å²) in [7, 11) is 0. The predicted octanol–water partition coefficient (Wildman–Crippen LogP) is -2.45. The number of benzene rings is 1. The Labute approximate surface area is 119 Å². The molecule has 1 aliphatic carbocycles. The second-order valence-corrected chi connectivity index (χ2v) is 5.35. The van der Waals surface area contributed by atoms with Crippen molar-refractivity contribution in [3.63, 3.8) is 0 Å². The maximum absolute atomic E-state index is 2.37. The topological polar surface area (TPSA) is 0 Å². The minimum absolute atomic E-state index is 0. The molecular formula is C12H13Cl2Zr. The van der Waals surface area contributed by atoms with Gasteiger partial charge in [-0.25, -0.2) is 0 Å². The van der Waals surface area contributed by atoms with Crippen LogP contribution in [0.3, 0.4) is 0 Å². The normalized spacial score (nSPS) is 18.7. The molecule has 0 N–H and O–H groups in total. The molecule has 2 atom stereocenters. The van der Waals surface area contributed by atoms with Crippen molar-refractivity contribution in [2.24, 2.45) is 0 Å². The van der Waals surface area contributed by atoms with Crippen molar-refractivity contribution in [1.82, 2.24) is 0 Å². The Morgan fingerprint density at radius 2 is 1.93 bits per heavy atom. The SMILES string of the molecule is CC[CH]([Zr+2])C1C=Cc2ccccc21.[Cl-].[Cl-]. The van der Waals surface area contributed by atoms with Crippen LogP contribution in [0.1, 0.15) is 30.4 Å². The summed E-state index contributed by atoms with van der Waals surface area (Å²) in [6.07, 6.45) is 5.93. The van der Waals surface area contributed by atoms with E-state index in [9.17, 15) is 0 Å². The standard InChI is InChI=1S/C12H13.2ClH.Zr/c1-2-5-10-8-9-11-6-3-4-7-12(10)11;;;/h3-10H,2H2,1H3;2*1H;/q;;;+2/p-2. The van der Waals surface area contributed by atoms with Crippen LogP contribution in [0, 0.1) is 0 Å². The molecule has 2 rings (SSSR count). The molecule has 0 amide bonds. The largest absolute Gasteiger partial charge is 1.00 e. The average molecular weight is 319 g/mol. The van der Waals surface area contributed by atoms with Gasteiger partial charge in [0, 0.05) is 0 Å². The van der Waals surface area contributed by atoms with Gasteiger partial charge in [-0.05, 0) is 0 Å². The van der Waals surface area contributed by atoms with Crippen LogP contribution < -0.4 is 24.8 Å². The quantitative estimate of drug-likeness (QED) is 0.568. The van der Waals surface area contributed by atoms with Gasteiger partial charge < -0.3 is 24.8 Å². The summed E-state index contributed by atoms with van der Waals surface area (Å²) in [5.41, 5.74) is 2.96. The molecule has 0 bridgehead atoms. The van der Waals surface area contributed by atoms with E-state index < -0.39 is 0 Å². The Morgan fingerprint density at radius 1 is 1.27 bits per heavy atom. The minimum Gasteiger partial charge on any atom is -1.00 e. The fourth-order valence-electron chi connectivity index (χ4n) is 1.88. The Balaban J connectivity index is 0.000000980. The van der Waals surface area contributed by atoms with Gasteiger partial charge in [-0.3, -0.25) is 0 Å². The molecule has 0 saturated heterocycles. The minimum atomic E-state index is 0. The van der Waals surface area contributed by atoms with Gasteiger partial charge in [0.1, 0.15) is 0 Å². The van der Waals surface area contributed by atoms with Crippen molar-refractivity contribution < 1.29 is 49.5 Å². The third-order valence-electron chi connectivity index (χ3n) is 2.71. The summed E-state index contributed by atoms with van der Waals surface area (Å²) in [5, 5.41) is 0. The van der Waals surface area contributed by atoms with E-state index in [0.29, 0.717) is 5.92 Å². The van der Waals surface area contributed by atoms with Crippen LogP contribution in [0.25, 0.3) is 6.08 Å². The molecule has 2 unspecified atom stereocenters. The molecule has 0 aliphatic heterocycles. The summed E-state index contributed by atoms with van der Waals surface area (Å²) in [6.45, 7) is 2.29. The van der Waals surface area contributed by atoms with Crippen LogP contribution in [0.15, 0.2) is 30.3 Å². The van der Waals surface area contributed by atoms with Gasteiger partial charge in [0.2, 0.25) is 0 Å². The first-order chi connectivity index (χ1) is 6.33. The fourth-order valence-corrected chi connectivity index (χ4v) is 2.60. The summed E-state index contributed by atoms with van der Waals surface area (Å²) in [4.78, 5) is 0. The fraction of sp³-hybridized carbons (Fsp3) is 0.333. The van der Waals surface area contributed by atoms with E-state index in [0.717, 1.165) is 3.63 Å². The Bertz CT molecular complexity index is 336. The average Bonchev–Trinajstić information content (AvgIpc) is 2.60. The number of allylic oxidation sites excluding steroid dienone is 1. The zero-order valence-electron chi connectivity index (χ0n) is 8.58. The molecule has 79 valence electrons. The number of hydrogen-bond acceptors (Lipinski definition) is 0. The van der Waals surface area contributed by atoms with Crippen LogP contribution in [-0.4, -0.2) is 0 Å². The third-order valence-corrected chi connectivity index (χ3v) is 4.60. The monoisotopic (exact) mass is 317 g/mol. The van der Waals surface area contributed by atoms with E-state index in [1.54, 1.807) is 24.7 Å². The molecule has 0 saturated carbocycles. The zero-order valence-corrected chi connectivity index (χ0v) is 12.6. The van der Waals surface area contributed by atoms with Crippen molar-refractivity contribution >= 4 is 6.08 Å². The predicted molar refractivity (Wildman–Crippen MR) is 52.3 cm³/mol. The maximum atomic E-state index is 2.37. The van der Waals surface area contributed by atoms with E-state index in [1.165, 1.54) is 17.5 Å². The second kappa shape index (κ2) is 6.89. The van der Waals surface area contributed by atoms with Crippen molar-refractivity contribution in [2.75, 3.05) is 0 Å². The van der Waals surface area contributed by atoms with Crippen LogP contribution in [0.4, 0.5) is 0 Å². The number of fused-ring (bicyclic) bond motifs is 1. The third kappa shape index (κ3) is 3.19. The Kier molecular flexibility index (Phi) is 7.08. The summed E-state index contributed by atoms with van der Waals surface area (Å²) in [6, 6.07) is 8.75.